The van der Waals surface area contributed by atoms with Crippen molar-refractivity contribution in [3.05, 3.63) is 35.9 Å². The Bertz CT molecular complexity index is 1500. The fraction of sp³-hybridized carbons (Fsp3) is 0.649. The topological polar surface area (TPSA) is 183 Å². The van der Waals surface area contributed by atoms with E-state index in [1.807, 2.05) is 20.8 Å². The van der Waals surface area contributed by atoms with Crippen molar-refractivity contribution >= 4 is 41.4 Å². The molecule has 6 atom stereocenters. The number of ketones is 1. The number of hydrogen-bond acceptors (Lipinski definition) is 8. The number of piperidine rings is 1. The van der Waals surface area contributed by atoms with Crippen LogP contribution in [-0.2, 0) is 33.5 Å². The molecule has 14 heteroatoms. The van der Waals surface area contributed by atoms with Crippen LogP contribution in [0.3, 0.4) is 0 Å². The largest absolute Gasteiger partial charge is 0.444 e. The number of carbonyl (C=O) groups excluding carboxylic acids is 7. The summed E-state index contributed by atoms with van der Waals surface area (Å²) in [5.74, 6) is -3.90. The number of benzene rings is 1. The van der Waals surface area contributed by atoms with Gasteiger partial charge in [0, 0.05) is 20.1 Å². The number of amides is 6. The van der Waals surface area contributed by atoms with Crippen LogP contribution in [0.1, 0.15) is 91.7 Å². The summed E-state index contributed by atoms with van der Waals surface area (Å²) in [7, 11) is 3.13. The molecule has 2 bridgehead atoms. The van der Waals surface area contributed by atoms with Gasteiger partial charge in [-0.05, 0) is 69.3 Å². The van der Waals surface area contributed by atoms with Crippen molar-refractivity contribution in [1.29, 1.82) is 0 Å². The first-order chi connectivity index (χ1) is 23.8. The smallest absolute Gasteiger partial charge is 0.408 e. The monoisotopic (exact) mass is 710 g/mol. The van der Waals surface area contributed by atoms with Crippen molar-refractivity contribution in [2.75, 3.05) is 20.6 Å². The summed E-state index contributed by atoms with van der Waals surface area (Å²) >= 11 is 0. The Morgan fingerprint density at radius 1 is 0.882 bits per heavy atom. The number of carbonyl (C=O) groups is 7. The molecule has 3 aliphatic rings. The molecule has 1 saturated heterocycles. The number of hydrogen-bond donors (Lipinski definition) is 4. The third-order valence-corrected chi connectivity index (χ3v) is 9.54. The fourth-order valence-electron chi connectivity index (χ4n) is 6.85. The summed E-state index contributed by atoms with van der Waals surface area (Å²) in [4.78, 5) is 96.2. The van der Waals surface area contributed by atoms with E-state index in [0.717, 1.165) is 19.3 Å². The quantitative estimate of drug-likeness (QED) is 0.225. The van der Waals surface area contributed by atoms with Crippen molar-refractivity contribution in [2.45, 2.75) is 116 Å². The van der Waals surface area contributed by atoms with Gasteiger partial charge >= 0.3 is 6.09 Å². The van der Waals surface area contributed by atoms with Gasteiger partial charge in [0.25, 0.3) is 5.91 Å². The maximum Gasteiger partial charge on any atom is 0.408 e. The third kappa shape index (κ3) is 10.3. The molecule has 1 aromatic carbocycles. The van der Waals surface area contributed by atoms with E-state index in [4.69, 9.17) is 4.74 Å². The SMILES string of the molecule is CN(C)C(=O)[C@@H](NC(=O)CNC(=O)C(=O)C(CC1CC1)NC(=O)[C@@H]1C2CCC(C2)N1C(=O)[C@@H](NC(=O)OC(C)(C)C)C(C)(C)C)c1ccccc1. The van der Waals surface area contributed by atoms with Gasteiger partial charge in [0.2, 0.25) is 29.4 Å². The Kier molecular flexibility index (Phi) is 12.2. The van der Waals surface area contributed by atoms with Crippen molar-refractivity contribution in [3.8, 4) is 0 Å². The van der Waals surface area contributed by atoms with Gasteiger partial charge < -0.3 is 35.8 Å². The minimum Gasteiger partial charge on any atom is -0.444 e. The van der Waals surface area contributed by atoms with Gasteiger partial charge in [0.05, 0.1) is 12.6 Å². The van der Waals surface area contributed by atoms with Gasteiger partial charge in [-0.2, -0.15) is 0 Å². The molecule has 3 fully saturated rings. The van der Waals surface area contributed by atoms with Gasteiger partial charge in [-0.25, -0.2) is 4.79 Å². The minimum absolute atomic E-state index is 0.141. The first kappa shape index (κ1) is 39.3. The Balaban J connectivity index is 1.44. The average molecular weight is 711 g/mol. The summed E-state index contributed by atoms with van der Waals surface area (Å²) in [6.07, 6.45) is 3.27. The second-order valence-electron chi connectivity index (χ2n) is 16.3. The lowest BCUT2D eigenvalue weighted by atomic mass is 9.85. The van der Waals surface area contributed by atoms with Gasteiger partial charge in [0.1, 0.15) is 23.7 Å². The first-order valence-electron chi connectivity index (χ1n) is 17.8. The van der Waals surface area contributed by atoms with E-state index < -0.39 is 77.2 Å². The van der Waals surface area contributed by atoms with Crippen LogP contribution in [0, 0.1) is 17.3 Å². The number of fused-ring (bicyclic) bond motifs is 2. The zero-order valence-electron chi connectivity index (χ0n) is 31.0. The summed E-state index contributed by atoms with van der Waals surface area (Å²) in [6.45, 7) is 10.1. The number of ether oxygens (including phenoxy) is 1. The number of nitrogens with zero attached hydrogens (tertiary/aromatic N) is 2. The van der Waals surface area contributed by atoms with E-state index in [2.05, 4.69) is 21.3 Å². The highest BCUT2D eigenvalue weighted by Crippen LogP contribution is 2.44. The maximum atomic E-state index is 14.2. The summed E-state index contributed by atoms with van der Waals surface area (Å²) in [5.41, 5.74) is -0.937. The van der Waals surface area contributed by atoms with Crippen LogP contribution in [-0.4, -0.2) is 102 Å². The molecule has 0 spiro atoms. The van der Waals surface area contributed by atoms with Crippen molar-refractivity contribution in [1.82, 2.24) is 31.1 Å². The molecule has 1 aliphatic heterocycles. The number of alkyl carbamates (subject to hydrolysis) is 1. The Labute approximate surface area is 300 Å². The Morgan fingerprint density at radius 2 is 1.53 bits per heavy atom. The van der Waals surface area contributed by atoms with Crippen LogP contribution < -0.4 is 21.3 Å². The molecule has 0 radical (unpaired) electrons. The van der Waals surface area contributed by atoms with Crippen LogP contribution >= 0.6 is 0 Å². The minimum atomic E-state index is -1.16. The van der Waals surface area contributed by atoms with Gasteiger partial charge in [-0.1, -0.05) is 63.9 Å². The van der Waals surface area contributed by atoms with Crippen LogP contribution in [0.2, 0.25) is 0 Å². The summed E-state index contributed by atoms with van der Waals surface area (Å²) < 4.78 is 5.43. The molecule has 4 rings (SSSR count). The number of likely N-dealkylation sites (tertiary alicyclic amines) is 1. The van der Waals surface area contributed by atoms with E-state index in [9.17, 15) is 33.6 Å². The van der Waals surface area contributed by atoms with E-state index in [1.165, 1.54) is 4.90 Å². The fourth-order valence-corrected chi connectivity index (χ4v) is 6.85. The van der Waals surface area contributed by atoms with Crippen LogP contribution in [0.25, 0.3) is 0 Å². The van der Waals surface area contributed by atoms with Gasteiger partial charge in [0.15, 0.2) is 0 Å². The van der Waals surface area contributed by atoms with Crippen LogP contribution in [0.5, 0.6) is 0 Å². The molecule has 1 aromatic rings. The standard InChI is InChI=1S/C37H54N6O8/c1-36(2,3)30(41-35(50)51-37(4,5)6)34(49)43-24-17-16-23(19-24)28(43)31(46)39-25(18-21-14-15-21)29(45)32(47)38-20-26(44)40-27(33(48)42(7)8)22-12-10-9-11-13-22/h9-13,21,23-25,27-28,30H,14-20H2,1-8H3,(H,38,47)(H,39,46)(H,40,44)(H,41,50)/t23?,24?,25?,27-,28-,30+/m0/s1. The first-order valence-corrected chi connectivity index (χ1v) is 17.8. The maximum absolute atomic E-state index is 14.2. The Morgan fingerprint density at radius 3 is 2.10 bits per heavy atom. The molecular formula is C37H54N6O8. The molecule has 1 heterocycles. The molecule has 2 aliphatic carbocycles. The second-order valence-corrected chi connectivity index (χ2v) is 16.3. The Hall–Kier alpha value is -4.49. The molecule has 51 heavy (non-hydrogen) atoms. The zero-order valence-corrected chi connectivity index (χ0v) is 31.0. The summed E-state index contributed by atoms with van der Waals surface area (Å²) in [5, 5.41) is 10.5. The number of likely N-dealkylation sites (N-methyl/N-ethyl adjacent to an activating group) is 1. The van der Waals surface area contributed by atoms with E-state index in [-0.39, 0.29) is 30.2 Å². The number of rotatable bonds is 13. The lowest BCUT2D eigenvalue weighted by molar-refractivity contribution is -0.147. The van der Waals surface area contributed by atoms with E-state index in [0.29, 0.717) is 18.4 Å². The van der Waals surface area contributed by atoms with Crippen molar-refractivity contribution in [2.24, 2.45) is 17.3 Å². The molecule has 4 N–H and O–H groups in total. The van der Waals surface area contributed by atoms with Gasteiger partial charge in [-0.3, -0.25) is 28.8 Å². The second kappa shape index (κ2) is 15.8. The molecule has 280 valence electrons. The normalized spacial score (nSPS) is 21.5. The molecule has 0 aromatic heterocycles. The zero-order chi connectivity index (χ0) is 37.8. The van der Waals surface area contributed by atoms with Gasteiger partial charge in [-0.15, -0.1) is 0 Å². The lowest BCUT2D eigenvalue weighted by Crippen LogP contribution is -2.62. The molecule has 6 amide bonds. The third-order valence-electron chi connectivity index (χ3n) is 9.54. The number of nitrogens with one attached hydrogen (secondary N) is 4. The molecule has 2 saturated carbocycles. The van der Waals surface area contributed by atoms with E-state index in [1.54, 1.807) is 70.1 Å². The molecule has 14 nitrogen and oxygen atoms in total. The van der Waals surface area contributed by atoms with Crippen molar-refractivity contribution < 1.29 is 38.3 Å². The number of Topliss-reactive ketones (excluding diaryl/α,β-unsaturated/α-hetero) is 1. The highest BCUT2D eigenvalue weighted by Gasteiger charge is 2.54. The highest BCUT2D eigenvalue weighted by atomic mass is 16.6. The highest BCUT2D eigenvalue weighted by molar-refractivity contribution is 6.38. The van der Waals surface area contributed by atoms with Crippen molar-refractivity contribution in [3.63, 3.8) is 0 Å². The van der Waals surface area contributed by atoms with E-state index >= 15 is 0 Å². The lowest BCUT2D eigenvalue weighted by Gasteiger charge is -2.40. The average Bonchev–Trinajstić information content (AvgIpc) is 3.62. The predicted octanol–water partition coefficient (Wildman–Crippen LogP) is 2.22. The predicted molar refractivity (Wildman–Crippen MR) is 188 cm³/mol. The molecule has 3 unspecified atom stereocenters. The van der Waals surface area contributed by atoms with Crippen LogP contribution in [0.4, 0.5) is 4.79 Å². The summed E-state index contributed by atoms with van der Waals surface area (Å²) in [6, 6.07) is 4.43. The van der Waals surface area contributed by atoms with Crippen LogP contribution in [0.15, 0.2) is 30.3 Å². The molecular weight excluding hydrogens is 656 g/mol.